The number of rotatable bonds is 1. The molecule has 0 saturated carbocycles. The number of aliphatic carboxylic acids is 1. The molecule has 1 radical (unpaired) electrons. The van der Waals surface area contributed by atoms with Crippen LogP contribution >= 0.6 is 0 Å². The van der Waals surface area contributed by atoms with Crippen LogP contribution in [0.15, 0.2) is 0 Å². The molecule has 3 heteroatoms. The maximum absolute atomic E-state index is 9.70. The minimum Gasteiger partial charge on any atom is -0.481 e. The van der Waals surface area contributed by atoms with Crippen molar-refractivity contribution in [3.8, 4) is 0 Å². The van der Waals surface area contributed by atoms with Gasteiger partial charge in [-0.05, 0) is 0 Å². The number of hydrogen-bond acceptors (Lipinski definition) is 1. The van der Waals surface area contributed by atoms with Gasteiger partial charge in [-0.1, -0.05) is 13.8 Å². The van der Waals surface area contributed by atoms with Gasteiger partial charge in [0.05, 0.1) is 5.92 Å². The summed E-state index contributed by atoms with van der Waals surface area (Å²) in [7, 11) is 0. The van der Waals surface area contributed by atoms with Crippen molar-refractivity contribution in [1.82, 2.24) is 0 Å². The first-order chi connectivity index (χ1) is 2.64. The van der Waals surface area contributed by atoms with E-state index in [9.17, 15) is 4.79 Å². The van der Waals surface area contributed by atoms with Crippen LogP contribution in [0.2, 0.25) is 0 Å². The summed E-state index contributed by atoms with van der Waals surface area (Å²) in [5.74, 6) is -0.972. The summed E-state index contributed by atoms with van der Waals surface area (Å²) in [6, 6.07) is 0. The number of hydrogen-bond donors (Lipinski definition) is 1. The average molecular weight is 280 g/mol. The van der Waals surface area contributed by atoms with E-state index in [-0.39, 0.29) is 26.0 Å². The van der Waals surface area contributed by atoms with Crippen LogP contribution in [0, 0.1) is 5.92 Å². The van der Waals surface area contributed by atoms with Crippen molar-refractivity contribution in [2.45, 2.75) is 13.8 Å². The second kappa shape index (κ2) is 4.28. The fourth-order valence-electron chi connectivity index (χ4n) is 0. The van der Waals surface area contributed by atoms with Gasteiger partial charge in [-0.15, -0.1) is 0 Å². The molecule has 0 aliphatic rings. The monoisotopic (exact) mass is 281 g/mol. The molecule has 0 aromatic carbocycles. The summed E-state index contributed by atoms with van der Waals surface area (Å²) in [6.07, 6.45) is 0. The summed E-state index contributed by atoms with van der Waals surface area (Å²) in [4.78, 5) is 9.70. The zero-order chi connectivity index (χ0) is 5.15. The first-order valence-electron chi connectivity index (χ1n) is 1.87. The molecule has 1 N–H and O–H groups in total. The van der Waals surface area contributed by atoms with Crippen LogP contribution < -0.4 is 0 Å². The second-order valence-corrected chi connectivity index (χ2v) is 1.49. The maximum Gasteiger partial charge on any atom is 0.305 e. The number of carboxylic acid groups (broad SMARTS) is 1. The molecule has 0 unspecified atom stereocenters. The molecule has 0 aromatic heterocycles. The molecule has 2 nitrogen and oxygen atoms in total. The zero-order valence-electron chi connectivity index (χ0n) is 4.27. The molecule has 0 aliphatic carbocycles. The van der Waals surface area contributed by atoms with E-state index in [1.165, 1.54) is 0 Å². The predicted molar refractivity (Wildman–Crippen MR) is 22.5 cm³/mol. The molecule has 0 aliphatic heterocycles. The third kappa shape index (κ3) is 6.12. The Balaban J connectivity index is 0. The van der Waals surface area contributed by atoms with Gasteiger partial charge in [-0.3, -0.25) is 4.79 Å². The maximum atomic E-state index is 9.70. The molecule has 0 rings (SSSR count). The first-order valence-corrected chi connectivity index (χ1v) is 1.87. The Kier molecular flexibility index (Phi) is 6.22. The van der Waals surface area contributed by atoms with Gasteiger partial charge >= 0.3 is 5.97 Å². The van der Waals surface area contributed by atoms with Crippen molar-refractivity contribution in [2.75, 3.05) is 0 Å². The van der Waals surface area contributed by atoms with Gasteiger partial charge in [-0.25, -0.2) is 0 Å². The van der Waals surface area contributed by atoms with Gasteiger partial charge in [-0.2, -0.15) is 0 Å². The van der Waals surface area contributed by atoms with Crippen LogP contribution in [0.1, 0.15) is 13.8 Å². The van der Waals surface area contributed by atoms with E-state index in [2.05, 4.69) is 0 Å². The summed E-state index contributed by atoms with van der Waals surface area (Å²) in [5.41, 5.74) is 0. The van der Waals surface area contributed by atoms with E-state index in [1.54, 1.807) is 13.8 Å². The van der Waals surface area contributed by atoms with E-state index < -0.39 is 5.97 Å². The van der Waals surface area contributed by atoms with E-state index in [0.717, 1.165) is 0 Å². The zero-order valence-corrected chi connectivity index (χ0v) is 6.66. The topological polar surface area (TPSA) is 37.3 Å². The third-order valence-electron chi connectivity index (χ3n) is 0.494. The standard InChI is InChI=1S/C4H8O2.Ir/c1-3(2)4(5)6;/h3H,1-2H3,(H,5,6);. The average Bonchev–Trinajstić information content (AvgIpc) is 1.36. The summed E-state index contributed by atoms with van der Waals surface area (Å²) in [5, 5.41) is 7.99. The summed E-state index contributed by atoms with van der Waals surface area (Å²) in [6.45, 7) is 3.28. The first kappa shape index (κ1) is 10.2. The second-order valence-electron chi connectivity index (χ2n) is 1.49. The van der Waals surface area contributed by atoms with Gasteiger partial charge in [0.15, 0.2) is 0 Å². The Bertz CT molecular complexity index is 60.7. The Hall–Kier alpha value is 0.119. The minimum atomic E-state index is -0.741. The molecule has 0 bridgehead atoms. The van der Waals surface area contributed by atoms with Gasteiger partial charge < -0.3 is 5.11 Å². The van der Waals surface area contributed by atoms with Gasteiger partial charge in [0, 0.05) is 20.1 Å². The van der Waals surface area contributed by atoms with Crippen molar-refractivity contribution in [2.24, 2.45) is 5.92 Å². The van der Waals surface area contributed by atoms with Crippen molar-refractivity contribution in [1.29, 1.82) is 0 Å². The van der Waals surface area contributed by atoms with E-state index in [1.807, 2.05) is 0 Å². The minimum absolute atomic E-state index is 0. The molecule has 0 saturated heterocycles. The fraction of sp³-hybridized carbons (Fsp3) is 0.750. The fourth-order valence-corrected chi connectivity index (χ4v) is 0. The molecule has 0 atom stereocenters. The normalized spacial score (nSPS) is 7.86. The molecule has 0 fully saturated rings. The van der Waals surface area contributed by atoms with Crippen LogP contribution in [0.5, 0.6) is 0 Å². The molecule has 0 aromatic rings. The van der Waals surface area contributed by atoms with Crippen LogP contribution in [-0.4, -0.2) is 11.1 Å². The van der Waals surface area contributed by atoms with E-state index in [0.29, 0.717) is 0 Å². The van der Waals surface area contributed by atoms with Gasteiger partial charge in [0.25, 0.3) is 0 Å². The molecular formula is C4H8IrO2. The Labute approximate surface area is 56.3 Å². The Morgan fingerprint density at radius 1 is 1.57 bits per heavy atom. The third-order valence-corrected chi connectivity index (χ3v) is 0.494. The smallest absolute Gasteiger partial charge is 0.305 e. The van der Waals surface area contributed by atoms with E-state index in [4.69, 9.17) is 5.11 Å². The van der Waals surface area contributed by atoms with Crippen LogP contribution in [0.25, 0.3) is 0 Å². The SMILES string of the molecule is CC(C)C(=O)O.[Ir]. The largest absolute Gasteiger partial charge is 0.481 e. The van der Waals surface area contributed by atoms with Crippen LogP contribution in [0.3, 0.4) is 0 Å². The van der Waals surface area contributed by atoms with Crippen molar-refractivity contribution < 1.29 is 30.0 Å². The van der Waals surface area contributed by atoms with Crippen molar-refractivity contribution in [3.63, 3.8) is 0 Å². The van der Waals surface area contributed by atoms with Gasteiger partial charge in [0.2, 0.25) is 0 Å². The molecule has 0 spiro atoms. The summed E-state index contributed by atoms with van der Waals surface area (Å²) < 4.78 is 0. The molecular weight excluding hydrogens is 272 g/mol. The molecule has 0 heterocycles. The predicted octanol–water partition coefficient (Wildman–Crippen LogP) is 0.724. The van der Waals surface area contributed by atoms with Crippen molar-refractivity contribution >= 4 is 5.97 Å². The van der Waals surface area contributed by atoms with Crippen LogP contribution in [-0.2, 0) is 24.9 Å². The number of carbonyl (C=O) groups is 1. The van der Waals surface area contributed by atoms with E-state index >= 15 is 0 Å². The van der Waals surface area contributed by atoms with Crippen LogP contribution in [0.4, 0.5) is 0 Å². The van der Waals surface area contributed by atoms with Crippen molar-refractivity contribution in [3.05, 3.63) is 0 Å². The molecule has 0 amide bonds. The van der Waals surface area contributed by atoms with Gasteiger partial charge in [0.1, 0.15) is 0 Å². The Morgan fingerprint density at radius 3 is 1.71 bits per heavy atom. The molecule has 45 valence electrons. The quantitative estimate of drug-likeness (QED) is 0.768. The Morgan fingerprint density at radius 2 is 1.71 bits per heavy atom. The molecule has 7 heavy (non-hydrogen) atoms. The number of carboxylic acids is 1. The summed E-state index contributed by atoms with van der Waals surface area (Å²) >= 11 is 0.